The highest BCUT2D eigenvalue weighted by Crippen LogP contribution is 2.25. The van der Waals surface area contributed by atoms with Crippen molar-refractivity contribution in [2.24, 2.45) is 22.2 Å². The van der Waals surface area contributed by atoms with Crippen LogP contribution in [0.2, 0.25) is 0 Å². The number of fused-ring (bicyclic) bond motifs is 2. The number of nitrogens with two attached hydrogens (primary N) is 3. The van der Waals surface area contributed by atoms with Crippen LogP contribution in [0.15, 0.2) is 35.5 Å². The molecule has 20 nitrogen and oxygen atoms in total. The number of primary amides is 1. The molecular weight excluding hydrogens is 783 g/mol. The second-order valence-corrected chi connectivity index (χ2v) is 16.1. The predicted molar refractivity (Wildman–Crippen MR) is 213 cm³/mol. The minimum Gasteiger partial charge on any atom is -0.481 e. The van der Waals surface area contributed by atoms with E-state index in [0.29, 0.717) is 24.8 Å². The van der Waals surface area contributed by atoms with Crippen molar-refractivity contribution in [3.05, 3.63) is 36.0 Å². The second kappa shape index (κ2) is 21.7. The fourth-order valence-electron chi connectivity index (χ4n) is 6.39. The van der Waals surface area contributed by atoms with Gasteiger partial charge in [0, 0.05) is 54.5 Å². The monoisotopic (exact) mass is 831 g/mol. The number of benzene rings is 1. The summed E-state index contributed by atoms with van der Waals surface area (Å²) < 4.78 is 0. The lowest BCUT2D eigenvalue weighted by molar-refractivity contribution is -0.143. The number of H-pyrrole nitrogens is 1. The molecule has 2 aliphatic heterocycles. The molecule has 2 saturated heterocycles. The summed E-state index contributed by atoms with van der Waals surface area (Å²) in [5, 5.41) is 23.1. The highest BCUT2D eigenvalue weighted by Gasteiger charge is 2.40. The first-order valence-corrected chi connectivity index (χ1v) is 20.9. The lowest BCUT2D eigenvalue weighted by atomic mass is 10.0. The van der Waals surface area contributed by atoms with Gasteiger partial charge in [0.2, 0.25) is 41.4 Å². The minimum absolute atomic E-state index is 0.0195. The van der Waals surface area contributed by atoms with Gasteiger partial charge in [-0.25, -0.2) is 0 Å². The normalized spacial score (nSPS) is 23.6. The van der Waals surface area contributed by atoms with Crippen LogP contribution < -0.4 is 43.8 Å². The first-order valence-electron chi connectivity index (χ1n) is 18.4. The highest BCUT2D eigenvalue weighted by atomic mass is 33.1. The van der Waals surface area contributed by atoms with Crippen molar-refractivity contribution in [1.29, 1.82) is 0 Å². The third-order valence-corrected chi connectivity index (χ3v) is 11.7. The first kappa shape index (κ1) is 44.2. The zero-order valence-electron chi connectivity index (χ0n) is 31.1. The zero-order valence-corrected chi connectivity index (χ0v) is 32.8. The van der Waals surface area contributed by atoms with Gasteiger partial charge in [0.15, 0.2) is 5.96 Å². The summed E-state index contributed by atoms with van der Waals surface area (Å²) in [5.74, 6) is -6.35. The highest BCUT2D eigenvalue weighted by molar-refractivity contribution is 8.76. The Morgan fingerprint density at radius 1 is 0.877 bits per heavy atom. The van der Waals surface area contributed by atoms with Crippen LogP contribution in [0.3, 0.4) is 0 Å². The quantitative estimate of drug-likeness (QED) is 0.0534. The maximum Gasteiger partial charge on any atom is 0.305 e. The van der Waals surface area contributed by atoms with Gasteiger partial charge in [-0.3, -0.25) is 43.3 Å². The van der Waals surface area contributed by atoms with E-state index in [-0.39, 0.29) is 56.2 Å². The Kier molecular flexibility index (Phi) is 16.8. The number of hydrogen-bond donors (Lipinski definition) is 10. The number of amides is 7. The van der Waals surface area contributed by atoms with E-state index in [1.165, 1.54) is 26.5 Å². The van der Waals surface area contributed by atoms with Crippen LogP contribution in [0, 0.1) is 0 Å². The van der Waals surface area contributed by atoms with Crippen LogP contribution in [0.5, 0.6) is 0 Å². The standard InChI is InChI=1S/C35H49N11O9S2/c36-30(51)25-18-57-56-13-10-27(47)42-22(8-3-4-11-39-35(37)38)31(52)41-17-28(48)43-23(15-29(49)50)32(53)44-24(14-19-16-40-21-7-2-1-6-20(19)21)34(55)46-12-5-9-26(46)33(54)45-25/h1-2,6-7,16,22-26,40H,3-5,8-15,17-18H2,(H2,36,51)(H,41,52)(H,42,47)(H,43,48)(H,44,53)(H,45,54)(H,49,50)(H4,37,38,39)/t22-,23-,24?,25-,26-/m0/s1. The van der Waals surface area contributed by atoms with E-state index in [1.807, 2.05) is 18.2 Å². The van der Waals surface area contributed by atoms with Gasteiger partial charge < -0.3 is 58.8 Å². The Balaban J connectivity index is 1.61. The second-order valence-electron chi connectivity index (χ2n) is 13.5. The number of rotatable bonds is 10. The van der Waals surface area contributed by atoms with Gasteiger partial charge in [0.1, 0.15) is 30.2 Å². The summed E-state index contributed by atoms with van der Waals surface area (Å²) in [6.07, 6.45) is 2.48. The minimum atomic E-state index is -1.68. The van der Waals surface area contributed by atoms with Crippen molar-refractivity contribution in [3.63, 3.8) is 0 Å². The number of aliphatic imine (C=N–C) groups is 1. The van der Waals surface area contributed by atoms with Crippen LogP contribution in [0.25, 0.3) is 10.9 Å². The molecule has 1 aromatic carbocycles. The molecule has 22 heteroatoms. The summed E-state index contributed by atoms with van der Waals surface area (Å²) in [4.78, 5) is 114. The smallest absolute Gasteiger partial charge is 0.305 e. The zero-order chi connectivity index (χ0) is 41.5. The molecule has 310 valence electrons. The molecule has 7 amide bonds. The summed E-state index contributed by atoms with van der Waals surface area (Å²) >= 11 is 0. The number of nitrogens with one attached hydrogen (secondary N) is 6. The van der Waals surface area contributed by atoms with E-state index in [9.17, 15) is 43.5 Å². The number of aliphatic carboxylic acids is 1. The summed E-state index contributed by atoms with van der Waals surface area (Å²) in [7, 11) is 2.45. The van der Waals surface area contributed by atoms with Crippen LogP contribution in [0.4, 0.5) is 0 Å². The molecule has 4 rings (SSSR count). The lowest BCUT2D eigenvalue weighted by Gasteiger charge is -2.30. The Hall–Kier alpha value is -5.51. The molecule has 0 bridgehead atoms. The molecular formula is C35H49N11O9S2. The number of carboxylic acids is 1. The Labute approximate surface area is 335 Å². The van der Waals surface area contributed by atoms with Crippen molar-refractivity contribution in [2.75, 3.05) is 31.1 Å². The summed E-state index contributed by atoms with van der Waals surface area (Å²) in [5.41, 5.74) is 17.8. The average molecular weight is 832 g/mol. The molecule has 57 heavy (non-hydrogen) atoms. The largest absolute Gasteiger partial charge is 0.481 e. The first-order chi connectivity index (χ1) is 27.2. The van der Waals surface area contributed by atoms with Crippen LogP contribution in [0.1, 0.15) is 50.5 Å². The third kappa shape index (κ3) is 13.6. The Morgan fingerprint density at radius 3 is 2.37 bits per heavy atom. The number of aromatic nitrogens is 1. The molecule has 1 unspecified atom stereocenters. The Bertz CT molecular complexity index is 1840. The van der Waals surface area contributed by atoms with Crippen molar-refractivity contribution in [1.82, 2.24) is 36.5 Å². The van der Waals surface area contributed by atoms with Crippen LogP contribution >= 0.6 is 21.6 Å². The van der Waals surface area contributed by atoms with E-state index in [1.54, 1.807) is 12.3 Å². The molecule has 2 aromatic rings. The van der Waals surface area contributed by atoms with Gasteiger partial charge in [-0.05, 0) is 43.7 Å². The van der Waals surface area contributed by atoms with E-state index in [0.717, 1.165) is 10.9 Å². The van der Waals surface area contributed by atoms with Crippen LogP contribution in [-0.4, -0.2) is 130 Å². The molecule has 3 heterocycles. The molecule has 0 saturated carbocycles. The van der Waals surface area contributed by atoms with Gasteiger partial charge in [0.25, 0.3) is 0 Å². The van der Waals surface area contributed by atoms with Gasteiger partial charge in [-0.2, -0.15) is 0 Å². The predicted octanol–water partition coefficient (Wildman–Crippen LogP) is -2.05. The number of hydrogen-bond acceptors (Lipinski definition) is 11. The van der Waals surface area contributed by atoms with Gasteiger partial charge in [-0.1, -0.05) is 39.8 Å². The van der Waals surface area contributed by atoms with Gasteiger partial charge in [0.05, 0.1) is 13.0 Å². The number of guanidine groups is 1. The fourth-order valence-corrected chi connectivity index (χ4v) is 8.56. The number of unbranched alkanes of at least 4 members (excludes halogenated alkanes) is 1. The maximum atomic E-state index is 14.3. The van der Waals surface area contributed by atoms with E-state index in [2.05, 4.69) is 36.6 Å². The molecule has 0 spiro atoms. The van der Waals surface area contributed by atoms with Crippen molar-refractivity contribution in [3.8, 4) is 0 Å². The van der Waals surface area contributed by atoms with Crippen molar-refractivity contribution >= 4 is 85.8 Å². The lowest BCUT2D eigenvalue weighted by Crippen LogP contribution is -2.59. The number of para-hydroxylation sites is 1. The summed E-state index contributed by atoms with van der Waals surface area (Å²) in [6, 6.07) is 1.07. The average Bonchev–Trinajstić information content (AvgIpc) is 3.82. The van der Waals surface area contributed by atoms with Gasteiger partial charge >= 0.3 is 5.97 Å². The number of carbonyl (C=O) groups is 8. The summed E-state index contributed by atoms with van der Waals surface area (Å²) in [6.45, 7) is -0.233. The van der Waals surface area contributed by atoms with Crippen LogP contribution in [-0.2, 0) is 44.8 Å². The molecule has 5 atom stereocenters. The molecule has 0 radical (unpaired) electrons. The van der Waals surface area contributed by atoms with Crippen molar-refractivity contribution < 1.29 is 43.5 Å². The topological polar surface area (TPSA) is 326 Å². The number of nitrogens with zero attached hydrogens (tertiary/aromatic N) is 2. The number of carboxylic acid groups (broad SMARTS) is 1. The molecule has 13 N–H and O–H groups in total. The SMILES string of the molecule is NC(=O)[C@@H]1CSSCCC(=O)N[C@@H](CCCCN=C(N)N)C(=O)NCC(=O)N[C@@H](CC(=O)O)C(=O)NC(Cc2c[nH]c3ccccc23)C(=O)N2CCC[C@H]2C(=O)N1. The van der Waals surface area contributed by atoms with E-state index in [4.69, 9.17) is 17.2 Å². The number of carbonyl (C=O) groups excluding carboxylic acids is 7. The maximum absolute atomic E-state index is 14.3. The molecule has 2 fully saturated rings. The number of aromatic amines is 1. The molecule has 1 aromatic heterocycles. The molecule has 2 aliphatic rings. The van der Waals surface area contributed by atoms with Gasteiger partial charge in [-0.15, -0.1) is 0 Å². The third-order valence-electron chi connectivity index (χ3n) is 9.24. The van der Waals surface area contributed by atoms with E-state index < -0.39 is 90.5 Å². The van der Waals surface area contributed by atoms with Crippen molar-refractivity contribution in [2.45, 2.75) is 81.6 Å². The fraction of sp³-hybridized carbons (Fsp3) is 0.514. The van der Waals surface area contributed by atoms with E-state index >= 15 is 0 Å². The molecule has 0 aliphatic carbocycles. The Morgan fingerprint density at radius 2 is 1.63 bits per heavy atom.